The van der Waals surface area contributed by atoms with E-state index in [1.807, 2.05) is 55.5 Å². The van der Waals surface area contributed by atoms with Gasteiger partial charge in [0.1, 0.15) is 6.04 Å². The summed E-state index contributed by atoms with van der Waals surface area (Å²) in [6.45, 7) is 2.31. The fraction of sp³-hybridized carbons (Fsp3) is 0.200. The van der Waals surface area contributed by atoms with Gasteiger partial charge in [0.25, 0.3) is 0 Å². The fourth-order valence-corrected chi connectivity index (χ4v) is 1.80. The summed E-state index contributed by atoms with van der Waals surface area (Å²) >= 11 is 0. The van der Waals surface area contributed by atoms with Gasteiger partial charge in [0.2, 0.25) is 5.91 Å². The first kappa shape index (κ1) is 13.2. The standard InChI is InChI=1S/C15H17N3O/c1-11-6-5-9-13(18-11)10-17-15(19)14(16)12-7-3-2-4-8-12/h2-9,14H,10,16H2,1H3,(H,17,19)/t14-/m1/s1. The van der Waals surface area contributed by atoms with Crippen molar-refractivity contribution in [3.05, 3.63) is 65.5 Å². The van der Waals surface area contributed by atoms with Gasteiger partial charge >= 0.3 is 0 Å². The molecule has 1 aromatic heterocycles. The van der Waals surface area contributed by atoms with Crippen molar-refractivity contribution < 1.29 is 4.79 Å². The minimum atomic E-state index is -0.647. The van der Waals surface area contributed by atoms with Crippen LogP contribution in [-0.2, 0) is 11.3 Å². The number of carbonyl (C=O) groups excluding carboxylic acids is 1. The van der Waals surface area contributed by atoms with E-state index in [-0.39, 0.29) is 5.91 Å². The molecule has 1 heterocycles. The maximum atomic E-state index is 11.9. The van der Waals surface area contributed by atoms with Crippen molar-refractivity contribution in [2.45, 2.75) is 19.5 Å². The molecule has 0 saturated heterocycles. The fourth-order valence-electron chi connectivity index (χ4n) is 1.80. The highest BCUT2D eigenvalue weighted by Gasteiger charge is 2.14. The van der Waals surface area contributed by atoms with Crippen molar-refractivity contribution in [1.82, 2.24) is 10.3 Å². The number of pyridine rings is 1. The Morgan fingerprint density at radius 2 is 1.95 bits per heavy atom. The zero-order valence-corrected chi connectivity index (χ0v) is 10.8. The molecule has 98 valence electrons. The third-order valence-electron chi connectivity index (χ3n) is 2.83. The zero-order valence-electron chi connectivity index (χ0n) is 10.8. The lowest BCUT2D eigenvalue weighted by Crippen LogP contribution is -2.33. The quantitative estimate of drug-likeness (QED) is 0.873. The molecule has 0 bridgehead atoms. The van der Waals surface area contributed by atoms with E-state index in [1.165, 1.54) is 0 Å². The predicted octanol–water partition coefficient (Wildman–Crippen LogP) is 1.71. The molecular formula is C15H17N3O. The monoisotopic (exact) mass is 255 g/mol. The highest BCUT2D eigenvalue weighted by Crippen LogP contribution is 2.09. The molecule has 0 spiro atoms. The second-order valence-electron chi connectivity index (χ2n) is 4.38. The third-order valence-corrected chi connectivity index (χ3v) is 2.83. The molecule has 3 N–H and O–H groups in total. The number of rotatable bonds is 4. The summed E-state index contributed by atoms with van der Waals surface area (Å²) in [5.41, 5.74) is 8.46. The summed E-state index contributed by atoms with van der Waals surface area (Å²) in [5.74, 6) is -0.200. The summed E-state index contributed by atoms with van der Waals surface area (Å²) in [4.78, 5) is 16.3. The van der Waals surface area contributed by atoms with Gasteiger partial charge in [-0.1, -0.05) is 36.4 Å². The first-order chi connectivity index (χ1) is 9.16. The topological polar surface area (TPSA) is 68.0 Å². The van der Waals surface area contributed by atoms with E-state index in [4.69, 9.17) is 5.73 Å². The minimum Gasteiger partial charge on any atom is -0.349 e. The SMILES string of the molecule is Cc1cccc(CNC(=O)[C@H](N)c2ccccc2)n1. The molecular weight excluding hydrogens is 238 g/mol. The lowest BCUT2D eigenvalue weighted by molar-refractivity contribution is -0.122. The van der Waals surface area contributed by atoms with E-state index in [9.17, 15) is 4.79 Å². The Labute approximate surface area is 112 Å². The number of nitrogens with zero attached hydrogens (tertiary/aromatic N) is 1. The van der Waals surface area contributed by atoms with Crippen LogP contribution >= 0.6 is 0 Å². The molecule has 0 aliphatic heterocycles. The molecule has 0 radical (unpaired) electrons. The Hall–Kier alpha value is -2.20. The summed E-state index contributed by atoms with van der Waals surface area (Å²) in [6, 6.07) is 14.4. The van der Waals surface area contributed by atoms with Gasteiger partial charge in [-0.3, -0.25) is 9.78 Å². The number of aromatic nitrogens is 1. The van der Waals surface area contributed by atoms with Gasteiger partial charge in [-0.25, -0.2) is 0 Å². The van der Waals surface area contributed by atoms with Gasteiger partial charge < -0.3 is 11.1 Å². The number of nitrogens with one attached hydrogen (secondary N) is 1. The van der Waals surface area contributed by atoms with Gasteiger partial charge in [0, 0.05) is 5.69 Å². The number of hydrogen-bond acceptors (Lipinski definition) is 3. The van der Waals surface area contributed by atoms with Crippen molar-refractivity contribution in [1.29, 1.82) is 0 Å². The summed E-state index contributed by atoms with van der Waals surface area (Å²) in [6.07, 6.45) is 0. The zero-order chi connectivity index (χ0) is 13.7. The molecule has 0 unspecified atom stereocenters. The number of aryl methyl sites for hydroxylation is 1. The molecule has 2 rings (SSSR count). The third kappa shape index (κ3) is 3.63. The maximum Gasteiger partial charge on any atom is 0.241 e. The van der Waals surface area contributed by atoms with Crippen LogP contribution in [0.2, 0.25) is 0 Å². The normalized spacial score (nSPS) is 11.9. The molecule has 19 heavy (non-hydrogen) atoms. The maximum absolute atomic E-state index is 11.9. The number of benzene rings is 1. The van der Waals surface area contributed by atoms with E-state index in [2.05, 4.69) is 10.3 Å². The van der Waals surface area contributed by atoms with Gasteiger partial charge in [-0.2, -0.15) is 0 Å². The summed E-state index contributed by atoms with van der Waals surface area (Å²) in [7, 11) is 0. The number of carbonyl (C=O) groups is 1. The minimum absolute atomic E-state index is 0.200. The number of hydrogen-bond donors (Lipinski definition) is 2. The first-order valence-electron chi connectivity index (χ1n) is 6.17. The molecule has 0 fully saturated rings. The van der Waals surface area contributed by atoms with E-state index in [1.54, 1.807) is 0 Å². The second kappa shape index (κ2) is 6.11. The van der Waals surface area contributed by atoms with Crippen LogP contribution in [0.1, 0.15) is 23.0 Å². The summed E-state index contributed by atoms with van der Waals surface area (Å²) in [5, 5.41) is 2.80. The Balaban J connectivity index is 1.95. The van der Waals surface area contributed by atoms with E-state index in [0.717, 1.165) is 17.0 Å². The smallest absolute Gasteiger partial charge is 0.241 e. The van der Waals surface area contributed by atoms with Crippen LogP contribution in [0.4, 0.5) is 0 Å². The van der Waals surface area contributed by atoms with Gasteiger partial charge in [-0.15, -0.1) is 0 Å². The highest BCUT2D eigenvalue weighted by atomic mass is 16.2. The predicted molar refractivity (Wildman–Crippen MR) is 74.2 cm³/mol. The van der Waals surface area contributed by atoms with Crippen molar-refractivity contribution in [2.75, 3.05) is 0 Å². The van der Waals surface area contributed by atoms with E-state index >= 15 is 0 Å². The van der Waals surface area contributed by atoms with Crippen LogP contribution in [-0.4, -0.2) is 10.9 Å². The average Bonchev–Trinajstić information content (AvgIpc) is 2.45. The van der Waals surface area contributed by atoms with Crippen LogP contribution < -0.4 is 11.1 Å². The number of nitrogens with two attached hydrogens (primary N) is 1. The molecule has 1 amide bonds. The molecule has 2 aromatic rings. The van der Waals surface area contributed by atoms with Gasteiger partial charge in [-0.05, 0) is 24.6 Å². The van der Waals surface area contributed by atoms with Crippen molar-refractivity contribution in [3.63, 3.8) is 0 Å². The second-order valence-corrected chi connectivity index (χ2v) is 4.38. The Bertz CT molecular complexity index is 554. The molecule has 1 atom stereocenters. The lowest BCUT2D eigenvalue weighted by Gasteiger charge is -2.12. The Kier molecular flexibility index (Phi) is 4.26. The molecule has 1 aromatic carbocycles. The van der Waals surface area contributed by atoms with Crippen molar-refractivity contribution in [2.24, 2.45) is 5.73 Å². The Morgan fingerprint density at radius 1 is 1.21 bits per heavy atom. The lowest BCUT2D eigenvalue weighted by atomic mass is 10.1. The highest BCUT2D eigenvalue weighted by molar-refractivity contribution is 5.82. The molecule has 0 aliphatic carbocycles. The molecule has 4 nitrogen and oxygen atoms in total. The average molecular weight is 255 g/mol. The van der Waals surface area contributed by atoms with Crippen LogP contribution in [0.5, 0.6) is 0 Å². The first-order valence-corrected chi connectivity index (χ1v) is 6.17. The largest absolute Gasteiger partial charge is 0.349 e. The van der Waals surface area contributed by atoms with Gasteiger partial charge in [0.15, 0.2) is 0 Å². The van der Waals surface area contributed by atoms with Gasteiger partial charge in [0.05, 0.1) is 12.2 Å². The Morgan fingerprint density at radius 3 is 2.63 bits per heavy atom. The summed E-state index contributed by atoms with van der Waals surface area (Å²) < 4.78 is 0. The van der Waals surface area contributed by atoms with E-state index < -0.39 is 6.04 Å². The van der Waals surface area contributed by atoms with E-state index in [0.29, 0.717) is 6.54 Å². The molecule has 0 saturated carbocycles. The van der Waals surface area contributed by atoms with Crippen LogP contribution in [0, 0.1) is 6.92 Å². The van der Waals surface area contributed by atoms with Crippen molar-refractivity contribution in [3.8, 4) is 0 Å². The van der Waals surface area contributed by atoms with Crippen LogP contribution in [0.3, 0.4) is 0 Å². The molecule has 4 heteroatoms. The van der Waals surface area contributed by atoms with Crippen LogP contribution in [0.15, 0.2) is 48.5 Å². The number of amides is 1. The van der Waals surface area contributed by atoms with Crippen LogP contribution in [0.25, 0.3) is 0 Å². The molecule has 0 aliphatic rings. The van der Waals surface area contributed by atoms with Crippen molar-refractivity contribution >= 4 is 5.91 Å².